The highest BCUT2D eigenvalue weighted by atomic mass is 28.3. The van der Waals surface area contributed by atoms with E-state index in [1.165, 1.54) is 0 Å². The molecule has 0 heterocycles. The Balaban J connectivity index is 4.05. The van der Waals surface area contributed by atoms with Crippen LogP contribution in [0.5, 0.6) is 0 Å². The standard InChI is InChI=1S/C7H21N3Si2/c1-7-10(11-8(2)3)12(6)9(4)5/h7,12H,1,11H2,2-6H3. The van der Waals surface area contributed by atoms with Gasteiger partial charge < -0.3 is 13.4 Å². The topological polar surface area (TPSA) is 9.72 Å². The normalized spacial score (nSPS) is 14.6. The molecule has 0 aliphatic rings. The van der Waals surface area contributed by atoms with Crippen molar-refractivity contribution in [3.63, 3.8) is 0 Å². The van der Waals surface area contributed by atoms with Crippen molar-refractivity contribution in [1.29, 1.82) is 0 Å². The Morgan fingerprint density at radius 3 is 2.00 bits per heavy atom. The fourth-order valence-corrected chi connectivity index (χ4v) is 5.52. The first-order chi connectivity index (χ1) is 5.49. The summed E-state index contributed by atoms with van der Waals surface area (Å²) in [5, 5.41) is 0. The van der Waals surface area contributed by atoms with Gasteiger partial charge >= 0.3 is 0 Å². The highest BCUT2D eigenvalue weighted by Crippen LogP contribution is 1.96. The summed E-state index contributed by atoms with van der Waals surface area (Å²) < 4.78 is 7.09. The maximum Gasteiger partial charge on any atom is 0.207 e. The predicted octanol–water partition coefficient (Wildman–Crippen LogP) is -0.596. The Hall–Kier alpha value is -0.106. The summed E-state index contributed by atoms with van der Waals surface area (Å²) in [6.07, 6.45) is 2.00. The molecule has 0 fully saturated rings. The molecule has 72 valence electrons. The van der Waals surface area contributed by atoms with Gasteiger partial charge in [-0.1, -0.05) is 6.58 Å². The first kappa shape index (κ1) is 11.9. The summed E-state index contributed by atoms with van der Waals surface area (Å²) in [7, 11) is 7.44. The van der Waals surface area contributed by atoms with E-state index >= 15 is 0 Å². The van der Waals surface area contributed by atoms with Crippen molar-refractivity contribution in [2.45, 2.75) is 6.55 Å². The van der Waals surface area contributed by atoms with Gasteiger partial charge in [0.25, 0.3) is 0 Å². The van der Waals surface area contributed by atoms with Crippen molar-refractivity contribution in [1.82, 2.24) is 13.4 Å². The van der Waals surface area contributed by atoms with E-state index in [0.29, 0.717) is 0 Å². The molecule has 0 aromatic carbocycles. The minimum absolute atomic E-state index is 0.262. The molecule has 5 heteroatoms. The third-order valence-corrected chi connectivity index (χ3v) is 7.80. The zero-order valence-electron chi connectivity index (χ0n) is 8.91. The van der Waals surface area contributed by atoms with Crippen molar-refractivity contribution in [2.75, 3.05) is 28.2 Å². The monoisotopic (exact) mass is 203 g/mol. The summed E-state index contributed by atoms with van der Waals surface area (Å²) in [5.41, 5.74) is 0. The first-order valence-corrected chi connectivity index (χ1v) is 7.63. The molecule has 0 aromatic rings. The lowest BCUT2D eigenvalue weighted by Gasteiger charge is -2.32. The summed E-state index contributed by atoms with van der Waals surface area (Å²) in [6, 6.07) is 0. The van der Waals surface area contributed by atoms with Crippen LogP contribution in [0.3, 0.4) is 0 Å². The molecular formula is C7H21N3Si2. The van der Waals surface area contributed by atoms with Gasteiger partial charge in [-0.05, 0) is 40.9 Å². The third-order valence-electron chi connectivity index (χ3n) is 1.91. The maximum absolute atomic E-state index is 3.86. The van der Waals surface area contributed by atoms with Crippen molar-refractivity contribution in [3.8, 4) is 0 Å². The Bertz CT molecular complexity index is 139. The van der Waals surface area contributed by atoms with Gasteiger partial charge in [-0.15, -0.1) is 0 Å². The number of rotatable bonds is 5. The van der Waals surface area contributed by atoms with Gasteiger partial charge in [-0.2, -0.15) is 0 Å². The van der Waals surface area contributed by atoms with Gasteiger partial charge in [0.1, 0.15) is 0 Å². The van der Waals surface area contributed by atoms with Gasteiger partial charge in [0, 0.05) is 0 Å². The Labute approximate surface area is 80.4 Å². The second kappa shape index (κ2) is 5.52. The zero-order valence-corrected chi connectivity index (χ0v) is 11.5. The molecule has 0 rings (SSSR count). The average Bonchev–Trinajstić information content (AvgIpc) is 1.98. The molecule has 1 atom stereocenters. The first-order valence-electron chi connectivity index (χ1n) is 4.18. The van der Waals surface area contributed by atoms with E-state index in [0.717, 1.165) is 0 Å². The zero-order chi connectivity index (χ0) is 9.72. The second-order valence-corrected chi connectivity index (χ2v) is 9.48. The molecule has 1 unspecified atom stereocenters. The van der Waals surface area contributed by atoms with Crippen LogP contribution >= 0.6 is 0 Å². The Kier molecular flexibility index (Phi) is 5.48. The minimum atomic E-state index is -0.878. The molecule has 0 N–H and O–H groups in total. The Morgan fingerprint density at radius 2 is 1.75 bits per heavy atom. The van der Waals surface area contributed by atoms with Crippen molar-refractivity contribution in [3.05, 3.63) is 12.8 Å². The van der Waals surface area contributed by atoms with Crippen LogP contribution in [0, 0.1) is 0 Å². The smallest absolute Gasteiger partial charge is 0.207 e. The van der Waals surface area contributed by atoms with Gasteiger partial charge in [-0.25, -0.2) is 0 Å². The summed E-state index contributed by atoms with van der Waals surface area (Å²) in [6.45, 7) is 6.19. The Morgan fingerprint density at radius 1 is 1.25 bits per heavy atom. The van der Waals surface area contributed by atoms with Gasteiger partial charge in [0.15, 0.2) is 9.84 Å². The van der Waals surface area contributed by atoms with Crippen LogP contribution in [0.4, 0.5) is 0 Å². The molecule has 0 saturated carbocycles. The minimum Gasteiger partial charge on any atom is -0.414 e. The third kappa shape index (κ3) is 4.05. The van der Waals surface area contributed by atoms with Crippen LogP contribution in [0.25, 0.3) is 0 Å². The van der Waals surface area contributed by atoms with E-state index in [2.05, 4.69) is 54.7 Å². The van der Waals surface area contributed by atoms with Gasteiger partial charge in [-0.3, -0.25) is 0 Å². The summed E-state index contributed by atoms with van der Waals surface area (Å²) >= 11 is 0. The average molecular weight is 203 g/mol. The van der Waals surface area contributed by atoms with E-state index in [9.17, 15) is 0 Å². The van der Waals surface area contributed by atoms with E-state index in [4.69, 9.17) is 0 Å². The van der Waals surface area contributed by atoms with Gasteiger partial charge in [0.05, 0.1) is 0 Å². The van der Waals surface area contributed by atoms with Crippen LogP contribution in [0.2, 0.25) is 6.55 Å². The van der Waals surface area contributed by atoms with Crippen LogP contribution in [-0.2, 0) is 0 Å². The lowest BCUT2D eigenvalue weighted by Crippen LogP contribution is -2.49. The molecular weight excluding hydrogens is 182 g/mol. The van der Waals surface area contributed by atoms with E-state index < -0.39 is 9.12 Å². The second-order valence-electron chi connectivity index (χ2n) is 3.51. The van der Waals surface area contributed by atoms with Crippen LogP contribution in [0.1, 0.15) is 0 Å². The fraction of sp³-hybridized carbons (Fsp3) is 0.714. The molecule has 0 amide bonds. The van der Waals surface area contributed by atoms with E-state index in [1.807, 2.05) is 6.20 Å². The number of hydrogen-bond donors (Lipinski definition) is 0. The largest absolute Gasteiger partial charge is 0.414 e. The molecule has 0 aromatic heterocycles. The lowest BCUT2D eigenvalue weighted by molar-refractivity contribution is 0.563. The van der Waals surface area contributed by atoms with E-state index in [1.54, 1.807) is 0 Å². The summed E-state index contributed by atoms with van der Waals surface area (Å²) in [5.74, 6) is 0. The van der Waals surface area contributed by atoms with Crippen molar-refractivity contribution in [2.24, 2.45) is 0 Å². The quantitative estimate of drug-likeness (QED) is 0.553. The predicted molar refractivity (Wildman–Crippen MR) is 61.0 cm³/mol. The molecule has 0 spiro atoms. The summed E-state index contributed by atoms with van der Waals surface area (Å²) in [4.78, 5) is 0. The molecule has 0 aliphatic heterocycles. The number of hydrogen-bond acceptors (Lipinski definition) is 3. The van der Waals surface area contributed by atoms with Crippen molar-refractivity contribution >= 4 is 19.0 Å². The van der Waals surface area contributed by atoms with Crippen molar-refractivity contribution < 1.29 is 0 Å². The number of nitrogens with zero attached hydrogens (tertiary/aromatic N) is 3. The molecule has 12 heavy (non-hydrogen) atoms. The molecule has 3 nitrogen and oxygen atoms in total. The van der Waals surface area contributed by atoms with Crippen LogP contribution in [0.15, 0.2) is 12.8 Å². The van der Waals surface area contributed by atoms with Crippen LogP contribution in [-0.4, -0.2) is 60.5 Å². The highest BCUT2D eigenvalue weighted by Gasteiger charge is 2.14. The maximum atomic E-state index is 3.86. The molecule has 0 bridgehead atoms. The lowest BCUT2D eigenvalue weighted by atomic mass is 11.1. The van der Waals surface area contributed by atoms with E-state index in [-0.39, 0.29) is 9.84 Å². The highest BCUT2D eigenvalue weighted by molar-refractivity contribution is 6.61. The molecule has 0 aliphatic carbocycles. The van der Waals surface area contributed by atoms with Crippen LogP contribution < -0.4 is 0 Å². The fourth-order valence-electron chi connectivity index (χ4n) is 0.952. The molecule has 0 radical (unpaired) electrons. The van der Waals surface area contributed by atoms with Gasteiger partial charge in [0.2, 0.25) is 9.12 Å². The SMILES string of the molecule is C=CN([SiH2]N(C)C)[SiH](C)N(C)C. The molecule has 0 saturated heterocycles.